The first-order valence-corrected chi connectivity index (χ1v) is 11.5. The number of aromatic nitrogens is 4. The van der Waals surface area contributed by atoms with Crippen LogP contribution in [0.4, 0.5) is 0 Å². The maximum atomic E-state index is 12.7. The van der Waals surface area contributed by atoms with Crippen molar-refractivity contribution in [3.63, 3.8) is 0 Å². The Morgan fingerprint density at radius 1 is 1.15 bits per heavy atom. The molecule has 3 aromatic rings. The molecule has 1 aliphatic heterocycles. The van der Waals surface area contributed by atoms with Crippen LogP contribution < -0.4 is 0 Å². The normalized spacial score (nSPS) is 14.6. The van der Waals surface area contributed by atoms with E-state index in [4.69, 9.17) is 9.26 Å². The van der Waals surface area contributed by atoms with Crippen LogP contribution in [-0.2, 0) is 22.6 Å². The molecule has 0 spiro atoms. The largest absolute Gasteiger partial charge is 0.380 e. The summed E-state index contributed by atoms with van der Waals surface area (Å²) in [4.78, 5) is 28.1. The number of nitrogens with zero attached hydrogens (tertiary/aromatic N) is 5. The van der Waals surface area contributed by atoms with Crippen molar-refractivity contribution < 1.29 is 14.1 Å². The molecule has 8 heteroatoms. The molecule has 0 N–H and O–H groups in total. The standard InChI is InChI=1S/C25H31N5O3/c1-17-7-9-20(10-8-17)25-28-22(33-29-25)5-4-6-23(31)30-13-11-19(12-14-30)24-21(16-32-3)15-26-18(2)27-24/h7-10,15,19H,4-6,11-14,16H2,1-3H3. The van der Waals surface area contributed by atoms with Crippen LogP contribution in [0.25, 0.3) is 11.4 Å². The molecule has 0 saturated carbocycles. The highest BCUT2D eigenvalue weighted by atomic mass is 16.5. The minimum absolute atomic E-state index is 0.183. The van der Waals surface area contributed by atoms with Crippen molar-refractivity contribution in [1.29, 1.82) is 0 Å². The second-order valence-corrected chi connectivity index (χ2v) is 8.65. The van der Waals surface area contributed by atoms with E-state index in [0.717, 1.165) is 48.6 Å². The number of carbonyl (C=O) groups is 1. The third kappa shape index (κ3) is 5.82. The van der Waals surface area contributed by atoms with Crippen molar-refractivity contribution in [3.05, 3.63) is 59.0 Å². The Morgan fingerprint density at radius 2 is 1.91 bits per heavy atom. The number of benzene rings is 1. The molecule has 1 aromatic carbocycles. The predicted octanol–water partition coefficient (Wildman–Crippen LogP) is 4.02. The second-order valence-electron chi connectivity index (χ2n) is 8.65. The van der Waals surface area contributed by atoms with E-state index in [1.165, 1.54) is 5.56 Å². The summed E-state index contributed by atoms with van der Waals surface area (Å²) in [5.74, 6) is 2.45. The Kier molecular flexibility index (Phi) is 7.44. The zero-order chi connectivity index (χ0) is 23.2. The van der Waals surface area contributed by atoms with Gasteiger partial charge in [-0.2, -0.15) is 4.98 Å². The van der Waals surface area contributed by atoms with Gasteiger partial charge in [0, 0.05) is 56.3 Å². The number of hydrogen-bond acceptors (Lipinski definition) is 7. The zero-order valence-electron chi connectivity index (χ0n) is 19.6. The van der Waals surface area contributed by atoms with Crippen LogP contribution in [0.3, 0.4) is 0 Å². The number of piperidine rings is 1. The molecule has 174 valence electrons. The number of likely N-dealkylation sites (tertiary alicyclic amines) is 1. The molecule has 1 saturated heterocycles. The molecular weight excluding hydrogens is 418 g/mol. The molecule has 0 radical (unpaired) electrons. The summed E-state index contributed by atoms with van der Waals surface area (Å²) in [6.07, 6.45) is 5.44. The average Bonchev–Trinajstić information content (AvgIpc) is 3.30. The minimum atomic E-state index is 0.183. The number of ether oxygens (including phenoxy) is 1. The summed E-state index contributed by atoms with van der Waals surface area (Å²) in [5, 5.41) is 4.07. The summed E-state index contributed by atoms with van der Waals surface area (Å²) in [6, 6.07) is 8.02. The zero-order valence-corrected chi connectivity index (χ0v) is 19.6. The highest BCUT2D eigenvalue weighted by molar-refractivity contribution is 5.76. The summed E-state index contributed by atoms with van der Waals surface area (Å²) in [5.41, 5.74) is 4.23. The fourth-order valence-electron chi connectivity index (χ4n) is 4.26. The number of amides is 1. The van der Waals surface area contributed by atoms with Crippen LogP contribution in [0.5, 0.6) is 0 Å². The summed E-state index contributed by atoms with van der Waals surface area (Å²) in [6.45, 7) is 5.96. The number of hydrogen-bond donors (Lipinski definition) is 0. The Balaban J connectivity index is 1.25. The molecule has 1 amide bonds. The van der Waals surface area contributed by atoms with E-state index in [2.05, 4.69) is 20.1 Å². The topological polar surface area (TPSA) is 94.2 Å². The Bertz CT molecular complexity index is 1070. The van der Waals surface area contributed by atoms with Crippen molar-refractivity contribution in [3.8, 4) is 11.4 Å². The van der Waals surface area contributed by atoms with Gasteiger partial charge in [-0.15, -0.1) is 0 Å². The lowest BCUT2D eigenvalue weighted by Crippen LogP contribution is -2.38. The fourth-order valence-corrected chi connectivity index (χ4v) is 4.26. The van der Waals surface area contributed by atoms with Crippen LogP contribution in [0, 0.1) is 13.8 Å². The van der Waals surface area contributed by atoms with Gasteiger partial charge in [0.25, 0.3) is 0 Å². The van der Waals surface area contributed by atoms with E-state index in [1.54, 1.807) is 7.11 Å². The van der Waals surface area contributed by atoms with Crippen molar-refractivity contribution in [1.82, 2.24) is 25.0 Å². The number of rotatable bonds is 8. The monoisotopic (exact) mass is 449 g/mol. The molecule has 4 rings (SSSR count). The fraction of sp³-hybridized carbons (Fsp3) is 0.480. The summed E-state index contributed by atoms with van der Waals surface area (Å²) in [7, 11) is 1.68. The van der Waals surface area contributed by atoms with Gasteiger partial charge >= 0.3 is 0 Å². The van der Waals surface area contributed by atoms with Gasteiger partial charge in [0.15, 0.2) is 0 Å². The molecule has 33 heavy (non-hydrogen) atoms. The molecule has 3 heterocycles. The maximum Gasteiger partial charge on any atom is 0.226 e. The van der Waals surface area contributed by atoms with Gasteiger partial charge in [0.05, 0.1) is 12.3 Å². The van der Waals surface area contributed by atoms with Crippen molar-refractivity contribution in [2.24, 2.45) is 0 Å². The molecule has 1 fully saturated rings. The lowest BCUT2D eigenvalue weighted by molar-refractivity contribution is -0.132. The molecule has 8 nitrogen and oxygen atoms in total. The van der Waals surface area contributed by atoms with Crippen LogP contribution in [0.15, 0.2) is 35.0 Å². The number of aryl methyl sites for hydroxylation is 3. The first-order chi connectivity index (χ1) is 16.0. The van der Waals surface area contributed by atoms with Gasteiger partial charge in [-0.05, 0) is 33.1 Å². The van der Waals surface area contributed by atoms with Crippen LogP contribution in [0.2, 0.25) is 0 Å². The average molecular weight is 450 g/mol. The van der Waals surface area contributed by atoms with E-state index >= 15 is 0 Å². The lowest BCUT2D eigenvalue weighted by Gasteiger charge is -2.32. The lowest BCUT2D eigenvalue weighted by atomic mass is 9.90. The molecular formula is C25H31N5O3. The summed E-state index contributed by atoms with van der Waals surface area (Å²) < 4.78 is 10.7. The Labute approximate surface area is 194 Å². The van der Waals surface area contributed by atoms with Crippen molar-refractivity contribution >= 4 is 5.91 Å². The van der Waals surface area contributed by atoms with E-state index in [1.807, 2.05) is 49.2 Å². The molecule has 1 aliphatic rings. The van der Waals surface area contributed by atoms with Crippen molar-refractivity contribution in [2.75, 3.05) is 20.2 Å². The SMILES string of the molecule is COCc1cnc(C)nc1C1CCN(C(=O)CCCc2nc(-c3ccc(C)cc3)no2)CC1. The van der Waals surface area contributed by atoms with Crippen molar-refractivity contribution in [2.45, 2.75) is 58.5 Å². The second kappa shape index (κ2) is 10.7. The molecule has 0 unspecified atom stereocenters. The van der Waals surface area contributed by atoms with Gasteiger partial charge in [0.2, 0.25) is 17.6 Å². The Hall–Kier alpha value is -3.13. The van der Waals surface area contributed by atoms with Gasteiger partial charge in [-0.1, -0.05) is 35.0 Å². The van der Waals surface area contributed by atoms with E-state index < -0.39 is 0 Å². The quantitative estimate of drug-likeness (QED) is 0.513. The summed E-state index contributed by atoms with van der Waals surface area (Å²) >= 11 is 0. The smallest absolute Gasteiger partial charge is 0.226 e. The highest BCUT2D eigenvalue weighted by Gasteiger charge is 2.26. The highest BCUT2D eigenvalue weighted by Crippen LogP contribution is 2.29. The minimum Gasteiger partial charge on any atom is -0.380 e. The Morgan fingerprint density at radius 3 is 2.64 bits per heavy atom. The van der Waals surface area contributed by atoms with E-state index in [0.29, 0.717) is 43.5 Å². The van der Waals surface area contributed by atoms with Gasteiger partial charge < -0.3 is 14.2 Å². The molecule has 0 atom stereocenters. The molecule has 2 aromatic heterocycles. The molecule has 0 bridgehead atoms. The third-order valence-electron chi connectivity index (χ3n) is 6.11. The van der Waals surface area contributed by atoms with Gasteiger partial charge in [-0.3, -0.25) is 4.79 Å². The van der Waals surface area contributed by atoms with Crippen LogP contribution in [0.1, 0.15) is 60.1 Å². The predicted molar refractivity (Wildman–Crippen MR) is 123 cm³/mol. The third-order valence-corrected chi connectivity index (χ3v) is 6.11. The van der Waals surface area contributed by atoms with E-state index in [-0.39, 0.29) is 5.91 Å². The van der Waals surface area contributed by atoms with E-state index in [9.17, 15) is 4.79 Å². The number of carbonyl (C=O) groups excluding carboxylic acids is 1. The van der Waals surface area contributed by atoms with Gasteiger partial charge in [0.1, 0.15) is 5.82 Å². The first-order valence-electron chi connectivity index (χ1n) is 11.5. The number of methoxy groups -OCH3 is 1. The molecule has 0 aliphatic carbocycles. The van der Waals surface area contributed by atoms with Crippen LogP contribution >= 0.6 is 0 Å². The first kappa shape index (κ1) is 23.0. The van der Waals surface area contributed by atoms with Crippen LogP contribution in [-0.4, -0.2) is 51.1 Å². The maximum absolute atomic E-state index is 12.7. The van der Waals surface area contributed by atoms with Gasteiger partial charge in [-0.25, -0.2) is 9.97 Å².